The number of benzene rings is 1. The summed E-state index contributed by atoms with van der Waals surface area (Å²) >= 11 is 0. The van der Waals surface area contributed by atoms with E-state index in [9.17, 15) is 14.3 Å². The van der Waals surface area contributed by atoms with Gasteiger partial charge in [-0.3, -0.25) is 4.90 Å². The first-order chi connectivity index (χ1) is 10.1. The van der Waals surface area contributed by atoms with Crippen molar-refractivity contribution in [2.75, 3.05) is 44.3 Å². The lowest BCUT2D eigenvalue weighted by Crippen LogP contribution is -2.44. The van der Waals surface area contributed by atoms with Gasteiger partial charge in [-0.25, -0.2) is 9.18 Å². The number of carboxylic acid groups (broad SMARTS) is 1. The Morgan fingerprint density at radius 2 is 2.05 bits per heavy atom. The second-order valence-corrected chi connectivity index (χ2v) is 5.50. The third-order valence-electron chi connectivity index (χ3n) is 4.26. The van der Waals surface area contributed by atoms with Crippen LogP contribution in [-0.2, 0) is 4.74 Å². The molecule has 1 atom stereocenters. The van der Waals surface area contributed by atoms with Crippen LogP contribution in [0.1, 0.15) is 16.8 Å². The van der Waals surface area contributed by atoms with Gasteiger partial charge < -0.3 is 14.7 Å². The number of nitrogens with zero attached hydrogens (tertiary/aromatic N) is 2. The van der Waals surface area contributed by atoms with Crippen molar-refractivity contribution in [1.29, 1.82) is 0 Å². The van der Waals surface area contributed by atoms with Crippen molar-refractivity contribution in [3.63, 3.8) is 0 Å². The Morgan fingerprint density at radius 3 is 2.76 bits per heavy atom. The predicted molar refractivity (Wildman–Crippen MR) is 76.4 cm³/mol. The Bertz CT molecular complexity index is 532. The zero-order valence-corrected chi connectivity index (χ0v) is 11.8. The highest BCUT2D eigenvalue weighted by molar-refractivity contribution is 5.94. The molecule has 0 amide bonds. The summed E-state index contributed by atoms with van der Waals surface area (Å²) in [6, 6.07) is 4.41. The Kier molecular flexibility index (Phi) is 4.07. The second kappa shape index (κ2) is 5.99. The third-order valence-corrected chi connectivity index (χ3v) is 4.26. The fourth-order valence-electron chi connectivity index (χ4n) is 3.16. The van der Waals surface area contributed by atoms with Crippen molar-refractivity contribution in [2.24, 2.45) is 0 Å². The molecule has 0 aliphatic carbocycles. The molecular weight excluding hydrogens is 275 g/mol. The number of anilines is 1. The van der Waals surface area contributed by atoms with Crippen molar-refractivity contribution in [1.82, 2.24) is 4.90 Å². The number of carboxylic acids is 1. The van der Waals surface area contributed by atoms with E-state index in [1.54, 1.807) is 6.07 Å². The molecule has 2 aliphatic heterocycles. The van der Waals surface area contributed by atoms with E-state index in [0.29, 0.717) is 11.7 Å². The standard InChI is InChI=1S/C15H19FN2O3/c16-11-1-2-14(13(9-11)15(19)20)18-4-3-12(10-18)17-5-7-21-8-6-17/h1-2,9,12H,3-8,10H2,(H,19,20). The molecule has 0 bridgehead atoms. The Labute approximate surface area is 122 Å². The first kappa shape index (κ1) is 14.3. The smallest absolute Gasteiger partial charge is 0.337 e. The number of morpholine rings is 1. The van der Waals surface area contributed by atoms with Gasteiger partial charge >= 0.3 is 5.97 Å². The van der Waals surface area contributed by atoms with Crippen LogP contribution in [0.3, 0.4) is 0 Å². The molecule has 1 N–H and O–H groups in total. The summed E-state index contributed by atoms with van der Waals surface area (Å²) in [4.78, 5) is 15.7. The summed E-state index contributed by atoms with van der Waals surface area (Å²) < 4.78 is 18.6. The molecule has 2 fully saturated rings. The molecule has 1 aromatic carbocycles. The Morgan fingerprint density at radius 1 is 1.29 bits per heavy atom. The SMILES string of the molecule is O=C(O)c1cc(F)ccc1N1CCC(N2CCOCC2)C1. The summed E-state index contributed by atoms with van der Waals surface area (Å²) in [5.74, 6) is -1.60. The number of halogens is 1. The normalized spacial score (nSPS) is 23.5. The van der Waals surface area contributed by atoms with E-state index in [1.165, 1.54) is 6.07 Å². The van der Waals surface area contributed by atoms with Gasteiger partial charge in [0, 0.05) is 32.2 Å². The minimum absolute atomic E-state index is 0.0395. The van der Waals surface area contributed by atoms with Crippen molar-refractivity contribution in [2.45, 2.75) is 12.5 Å². The monoisotopic (exact) mass is 294 g/mol. The highest BCUT2D eigenvalue weighted by Gasteiger charge is 2.30. The van der Waals surface area contributed by atoms with E-state index in [-0.39, 0.29) is 5.56 Å². The van der Waals surface area contributed by atoms with Gasteiger partial charge in [0.05, 0.1) is 24.5 Å². The van der Waals surface area contributed by atoms with Gasteiger partial charge in [-0.2, -0.15) is 0 Å². The summed E-state index contributed by atoms with van der Waals surface area (Å²) in [6.07, 6.45) is 0.996. The number of hydrogen-bond acceptors (Lipinski definition) is 4. The van der Waals surface area contributed by atoms with Gasteiger partial charge in [0.2, 0.25) is 0 Å². The van der Waals surface area contributed by atoms with Gasteiger partial charge in [-0.1, -0.05) is 0 Å². The molecule has 21 heavy (non-hydrogen) atoms. The zero-order chi connectivity index (χ0) is 14.8. The van der Waals surface area contributed by atoms with Crippen LogP contribution in [0.4, 0.5) is 10.1 Å². The summed E-state index contributed by atoms with van der Waals surface area (Å²) in [6.45, 7) is 4.95. The van der Waals surface area contributed by atoms with Crippen LogP contribution in [0.25, 0.3) is 0 Å². The Balaban J connectivity index is 1.75. The van der Waals surface area contributed by atoms with Crippen molar-refractivity contribution in [3.8, 4) is 0 Å². The van der Waals surface area contributed by atoms with Crippen LogP contribution in [0, 0.1) is 5.82 Å². The molecule has 6 heteroatoms. The van der Waals surface area contributed by atoms with Gasteiger partial charge in [0.1, 0.15) is 5.82 Å². The molecule has 0 aromatic heterocycles. The van der Waals surface area contributed by atoms with Crippen LogP contribution < -0.4 is 4.90 Å². The molecule has 5 nitrogen and oxygen atoms in total. The van der Waals surface area contributed by atoms with Gasteiger partial charge in [-0.05, 0) is 24.6 Å². The minimum Gasteiger partial charge on any atom is -0.478 e. The van der Waals surface area contributed by atoms with E-state index in [1.807, 2.05) is 4.90 Å². The van der Waals surface area contributed by atoms with Crippen LogP contribution in [0.15, 0.2) is 18.2 Å². The van der Waals surface area contributed by atoms with Crippen LogP contribution in [0.2, 0.25) is 0 Å². The topological polar surface area (TPSA) is 53.0 Å². The quantitative estimate of drug-likeness (QED) is 0.914. The Hall–Kier alpha value is -1.66. The van der Waals surface area contributed by atoms with Crippen LogP contribution in [0.5, 0.6) is 0 Å². The molecule has 1 unspecified atom stereocenters. The molecule has 2 heterocycles. The number of hydrogen-bond donors (Lipinski definition) is 1. The lowest BCUT2D eigenvalue weighted by molar-refractivity contribution is 0.0209. The molecular formula is C15H19FN2O3. The lowest BCUT2D eigenvalue weighted by atomic mass is 10.1. The maximum atomic E-state index is 13.3. The molecule has 0 saturated carbocycles. The van der Waals surface area contributed by atoms with Crippen molar-refractivity contribution in [3.05, 3.63) is 29.6 Å². The van der Waals surface area contributed by atoms with Gasteiger partial charge in [0.25, 0.3) is 0 Å². The number of ether oxygens (including phenoxy) is 1. The van der Waals surface area contributed by atoms with E-state index in [4.69, 9.17) is 4.74 Å². The predicted octanol–water partition coefficient (Wildman–Crippen LogP) is 1.43. The maximum absolute atomic E-state index is 13.3. The largest absolute Gasteiger partial charge is 0.478 e. The van der Waals surface area contributed by atoms with E-state index >= 15 is 0 Å². The first-order valence-electron chi connectivity index (χ1n) is 7.25. The summed E-state index contributed by atoms with van der Waals surface area (Å²) in [7, 11) is 0. The molecule has 0 spiro atoms. The molecule has 2 aliphatic rings. The number of carbonyl (C=O) groups is 1. The molecule has 114 valence electrons. The molecule has 1 aromatic rings. The first-order valence-corrected chi connectivity index (χ1v) is 7.25. The van der Waals surface area contributed by atoms with E-state index in [2.05, 4.69) is 4.90 Å². The van der Waals surface area contributed by atoms with Crippen LogP contribution in [-0.4, -0.2) is 61.4 Å². The summed E-state index contributed by atoms with van der Waals surface area (Å²) in [5.41, 5.74) is 0.650. The van der Waals surface area contributed by atoms with Crippen LogP contribution >= 0.6 is 0 Å². The maximum Gasteiger partial charge on any atom is 0.337 e. The van der Waals surface area contributed by atoms with Crippen molar-refractivity contribution >= 4 is 11.7 Å². The van der Waals surface area contributed by atoms with Gasteiger partial charge in [-0.15, -0.1) is 0 Å². The minimum atomic E-state index is -1.08. The van der Waals surface area contributed by atoms with Crippen molar-refractivity contribution < 1.29 is 19.0 Å². The highest BCUT2D eigenvalue weighted by atomic mass is 19.1. The fourth-order valence-corrected chi connectivity index (χ4v) is 3.16. The average Bonchev–Trinajstić information content (AvgIpc) is 2.97. The number of aromatic carboxylic acids is 1. The second-order valence-electron chi connectivity index (χ2n) is 5.50. The molecule has 2 saturated heterocycles. The fraction of sp³-hybridized carbons (Fsp3) is 0.533. The third kappa shape index (κ3) is 3.01. The molecule has 3 rings (SSSR count). The lowest BCUT2D eigenvalue weighted by Gasteiger charge is -2.32. The van der Waals surface area contributed by atoms with E-state index in [0.717, 1.165) is 51.9 Å². The average molecular weight is 294 g/mol. The highest BCUT2D eigenvalue weighted by Crippen LogP contribution is 2.27. The van der Waals surface area contributed by atoms with Gasteiger partial charge in [0.15, 0.2) is 0 Å². The van der Waals surface area contributed by atoms with E-state index < -0.39 is 11.8 Å². The number of rotatable bonds is 3. The molecule has 0 radical (unpaired) electrons. The summed E-state index contributed by atoms with van der Waals surface area (Å²) in [5, 5.41) is 9.24. The zero-order valence-electron chi connectivity index (χ0n) is 11.8.